The Kier molecular flexibility index (Phi) is 4.46. The molecule has 1 aromatic rings. The number of hydrogen-bond donors (Lipinski definition) is 0. The summed E-state index contributed by atoms with van der Waals surface area (Å²) in [5, 5.41) is 0. The molecule has 104 valence electrons. The normalized spacial score (nSPS) is 14.1. The van der Waals surface area contributed by atoms with Gasteiger partial charge >= 0.3 is 0 Å². The monoisotopic (exact) mass is 261 g/mol. The Morgan fingerprint density at radius 1 is 1.11 bits per heavy atom. The molecule has 0 aromatic heterocycles. The summed E-state index contributed by atoms with van der Waals surface area (Å²) in [5.74, 6) is 2.14. The molecule has 0 spiro atoms. The molecule has 0 saturated heterocycles. The lowest BCUT2D eigenvalue weighted by Crippen LogP contribution is -2.21. The van der Waals surface area contributed by atoms with Crippen molar-refractivity contribution in [1.82, 2.24) is 0 Å². The molecule has 1 aromatic carbocycles. The number of benzene rings is 1. The molecule has 0 radical (unpaired) electrons. The summed E-state index contributed by atoms with van der Waals surface area (Å²) in [5.41, 5.74) is 3.82. The van der Waals surface area contributed by atoms with E-state index in [1.165, 1.54) is 16.8 Å². The van der Waals surface area contributed by atoms with Gasteiger partial charge in [0.1, 0.15) is 0 Å². The molecule has 3 nitrogen and oxygen atoms in total. The molecule has 3 heteroatoms. The Morgan fingerprint density at radius 2 is 1.74 bits per heavy atom. The lowest BCUT2D eigenvalue weighted by atomic mass is 9.86. The van der Waals surface area contributed by atoms with Crippen LogP contribution in [0, 0.1) is 5.92 Å². The lowest BCUT2D eigenvalue weighted by molar-refractivity contribution is 0.354. The molecule has 0 saturated carbocycles. The summed E-state index contributed by atoms with van der Waals surface area (Å²) in [4.78, 5) is 4.76. The quantitative estimate of drug-likeness (QED) is 0.812. The minimum absolute atomic E-state index is 0.539. The van der Waals surface area contributed by atoms with E-state index in [2.05, 4.69) is 26.0 Å². The third-order valence-corrected chi connectivity index (χ3v) is 3.92. The zero-order chi connectivity index (χ0) is 13.8. The fraction of sp³-hybridized carbons (Fsp3) is 0.562. The van der Waals surface area contributed by atoms with Crippen LogP contribution in [0.2, 0.25) is 0 Å². The maximum absolute atomic E-state index is 5.42. The molecule has 0 aliphatic carbocycles. The molecule has 2 rings (SSSR count). The van der Waals surface area contributed by atoms with Crippen molar-refractivity contribution in [2.24, 2.45) is 10.9 Å². The molecule has 0 unspecified atom stereocenters. The van der Waals surface area contributed by atoms with Crippen molar-refractivity contribution in [3.05, 3.63) is 23.3 Å². The molecule has 0 fully saturated rings. The van der Waals surface area contributed by atoms with Crippen LogP contribution in [0.15, 0.2) is 17.1 Å². The molecular weight excluding hydrogens is 238 g/mol. The number of rotatable bonds is 5. The highest BCUT2D eigenvalue weighted by atomic mass is 16.5. The zero-order valence-corrected chi connectivity index (χ0v) is 12.3. The number of nitrogens with zero attached hydrogens (tertiary/aromatic N) is 1. The van der Waals surface area contributed by atoms with Crippen LogP contribution in [0.4, 0.5) is 0 Å². The molecule has 1 aliphatic heterocycles. The summed E-state index contributed by atoms with van der Waals surface area (Å²) in [6, 6.07) is 4.19. The van der Waals surface area contributed by atoms with E-state index >= 15 is 0 Å². The second-order valence-electron chi connectivity index (χ2n) is 4.89. The van der Waals surface area contributed by atoms with Gasteiger partial charge in [0.05, 0.1) is 14.2 Å². The van der Waals surface area contributed by atoms with E-state index in [1.54, 1.807) is 14.2 Å². The number of hydrogen-bond acceptors (Lipinski definition) is 3. The second-order valence-corrected chi connectivity index (χ2v) is 4.89. The number of aliphatic imine (C=N–C) groups is 1. The first-order valence-electron chi connectivity index (χ1n) is 7.04. The Morgan fingerprint density at radius 3 is 2.32 bits per heavy atom. The number of methoxy groups -OCH3 is 2. The van der Waals surface area contributed by atoms with Crippen molar-refractivity contribution in [2.45, 2.75) is 33.1 Å². The van der Waals surface area contributed by atoms with E-state index < -0.39 is 0 Å². The standard InChI is InChI=1S/C16H23NO2/c1-5-11(6-2)16-13-10-15(19-4)14(18-3)9-12(13)7-8-17-16/h9-11H,5-8H2,1-4H3. The van der Waals surface area contributed by atoms with Crippen LogP contribution in [0.25, 0.3) is 0 Å². The van der Waals surface area contributed by atoms with E-state index in [9.17, 15) is 0 Å². The largest absolute Gasteiger partial charge is 0.493 e. The summed E-state index contributed by atoms with van der Waals surface area (Å²) in [6.45, 7) is 5.34. The van der Waals surface area contributed by atoms with Crippen molar-refractivity contribution in [2.75, 3.05) is 20.8 Å². The van der Waals surface area contributed by atoms with Crippen molar-refractivity contribution in [3.8, 4) is 11.5 Å². The first kappa shape index (κ1) is 13.9. The first-order chi connectivity index (χ1) is 9.24. The molecule has 0 N–H and O–H groups in total. The summed E-state index contributed by atoms with van der Waals surface area (Å²) >= 11 is 0. The maximum Gasteiger partial charge on any atom is 0.161 e. The van der Waals surface area contributed by atoms with Gasteiger partial charge in [0.25, 0.3) is 0 Å². The van der Waals surface area contributed by atoms with Gasteiger partial charge in [-0.05, 0) is 37.0 Å². The van der Waals surface area contributed by atoms with E-state index in [4.69, 9.17) is 14.5 Å². The lowest BCUT2D eigenvalue weighted by Gasteiger charge is -2.24. The summed E-state index contributed by atoms with van der Waals surface area (Å²) in [7, 11) is 3.37. The van der Waals surface area contributed by atoms with E-state index in [0.717, 1.165) is 37.3 Å². The van der Waals surface area contributed by atoms with Crippen LogP contribution in [-0.2, 0) is 6.42 Å². The Balaban J connectivity index is 2.48. The minimum atomic E-state index is 0.539. The third kappa shape index (κ3) is 2.60. The number of fused-ring (bicyclic) bond motifs is 1. The van der Waals surface area contributed by atoms with Crippen molar-refractivity contribution in [3.63, 3.8) is 0 Å². The third-order valence-electron chi connectivity index (χ3n) is 3.92. The highest BCUT2D eigenvalue weighted by molar-refractivity contribution is 6.04. The highest BCUT2D eigenvalue weighted by Crippen LogP contribution is 2.34. The Labute approximate surface area is 115 Å². The Hall–Kier alpha value is -1.51. The topological polar surface area (TPSA) is 30.8 Å². The van der Waals surface area contributed by atoms with Crippen LogP contribution in [0.1, 0.15) is 37.8 Å². The van der Waals surface area contributed by atoms with E-state index in [-0.39, 0.29) is 0 Å². The maximum atomic E-state index is 5.42. The molecular formula is C16H23NO2. The van der Waals surface area contributed by atoms with Gasteiger partial charge in [-0.3, -0.25) is 4.99 Å². The van der Waals surface area contributed by atoms with Gasteiger partial charge in [-0.2, -0.15) is 0 Å². The fourth-order valence-electron chi connectivity index (χ4n) is 2.77. The van der Waals surface area contributed by atoms with Gasteiger partial charge in [-0.25, -0.2) is 0 Å². The Bertz CT molecular complexity index is 476. The van der Waals surface area contributed by atoms with Crippen LogP contribution in [-0.4, -0.2) is 26.5 Å². The van der Waals surface area contributed by atoms with Gasteiger partial charge in [-0.1, -0.05) is 13.8 Å². The predicted octanol–water partition coefficient (Wildman–Crippen LogP) is 3.49. The molecule has 1 aliphatic rings. The van der Waals surface area contributed by atoms with Crippen LogP contribution < -0.4 is 9.47 Å². The summed E-state index contributed by atoms with van der Waals surface area (Å²) < 4.78 is 10.8. The first-order valence-corrected chi connectivity index (χ1v) is 7.04. The van der Waals surface area contributed by atoms with Gasteiger partial charge in [-0.15, -0.1) is 0 Å². The average molecular weight is 261 g/mol. The fourth-order valence-corrected chi connectivity index (χ4v) is 2.77. The van der Waals surface area contributed by atoms with Gasteiger partial charge in [0.15, 0.2) is 11.5 Å². The zero-order valence-electron chi connectivity index (χ0n) is 12.3. The minimum Gasteiger partial charge on any atom is -0.493 e. The van der Waals surface area contributed by atoms with Crippen LogP contribution >= 0.6 is 0 Å². The van der Waals surface area contributed by atoms with Crippen molar-refractivity contribution >= 4 is 5.71 Å². The van der Waals surface area contributed by atoms with E-state index in [1.807, 2.05) is 0 Å². The molecule has 1 heterocycles. The smallest absolute Gasteiger partial charge is 0.161 e. The summed E-state index contributed by atoms with van der Waals surface area (Å²) in [6.07, 6.45) is 3.24. The average Bonchev–Trinajstić information content (AvgIpc) is 2.47. The van der Waals surface area contributed by atoms with E-state index in [0.29, 0.717) is 5.92 Å². The molecule has 0 atom stereocenters. The van der Waals surface area contributed by atoms with Crippen molar-refractivity contribution in [1.29, 1.82) is 0 Å². The van der Waals surface area contributed by atoms with Gasteiger partial charge < -0.3 is 9.47 Å². The predicted molar refractivity (Wildman–Crippen MR) is 78.7 cm³/mol. The molecule has 0 bridgehead atoms. The van der Waals surface area contributed by atoms with Crippen LogP contribution in [0.5, 0.6) is 11.5 Å². The highest BCUT2D eigenvalue weighted by Gasteiger charge is 2.22. The molecule has 0 amide bonds. The molecule has 19 heavy (non-hydrogen) atoms. The van der Waals surface area contributed by atoms with Crippen LogP contribution in [0.3, 0.4) is 0 Å². The number of ether oxygens (including phenoxy) is 2. The SMILES string of the molecule is CCC(CC)C1=NCCc2cc(OC)c(OC)cc21. The van der Waals surface area contributed by atoms with Crippen molar-refractivity contribution < 1.29 is 9.47 Å². The van der Waals surface area contributed by atoms with Gasteiger partial charge in [0.2, 0.25) is 0 Å². The second kappa shape index (κ2) is 6.09. The van der Waals surface area contributed by atoms with Gasteiger partial charge in [0, 0.05) is 23.7 Å².